The molecule has 0 aromatic carbocycles. The van der Waals surface area contributed by atoms with Crippen LogP contribution in [-0.2, 0) is 13.0 Å². The van der Waals surface area contributed by atoms with Crippen LogP contribution < -0.4 is 11.2 Å². The number of nitrogens with zero attached hydrogens (tertiary/aromatic N) is 2. The van der Waals surface area contributed by atoms with Gasteiger partial charge in [-0.05, 0) is 40.3 Å². The first-order valence-electron chi connectivity index (χ1n) is 6.60. The first-order chi connectivity index (χ1) is 8.88. The summed E-state index contributed by atoms with van der Waals surface area (Å²) in [5, 5.41) is 0.160. The molecule has 1 rings (SSSR count). The minimum atomic E-state index is -0.431. The Bertz CT molecular complexity index is 534. The van der Waals surface area contributed by atoms with E-state index in [2.05, 4.69) is 23.7 Å². The third kappa shape index (κ3) is 3.94. The average molecular weight is 288 g/mol. The zero-order valence-corrected chi connectivity index (χ0v) is 12.8. The minimum Gasteiger partial charge on any atom is -0.304 e. The maximum Gasteiger partial charge on any atom is 0.329 e. The van der Waals surface area contributed by atoms with Gasteiger partial charge in [0.05, 0.1) is 5.56 Å². The SMILES string of the molecule is CCc1c(Cl)[nH]c(=O)n(CCCN(C)C(C)C)c1=O. The second kappa shape index (κ2) is 6.91. The van der Waals surface area contributed by atoms with Gasteiger partial charge in [-0.2, -0.15) is 0 Å². The number of hydrogen-bond donors (Lipinski definition) is 1. The van der Waals surface area contributed by atoms with E-state index in [1.165, 1.54) is 4.57 Å². The molecular formula is C13H22ClN3O2. The number of rotatable bonds is 6. The lowest BCUT2D eigenvalue weighted by molar-refractivity contribution is 0.264. The van der Waals surface area contributed by atoms with Crippen molar-refractivity contribution in [2.45, 2.75) is 46.2 Å². The lowest BCUT2D eigenvalue weighted by Gasteiger charge is -2.20. The topological polar surface area (TPSA) is 58.1 Å². The van der Waals surface area contributed by atoms with Gasteiger partial charge in [0.2, 0.25) is 0 Å². The number of aromatic nitrogens is 2. The maximum absolute atomic E-state index is 12.1. The molecule has 0 aliphatic rings. The highest BCUT2D eigenvalue weighted by Crippen LogP contribution is 2.06. The Labute approximate surface area is 118 Å². The average Bonchev–Trinajstić information content (AvgIpc) is 2.33. The summed E-state index contributed by atoms with van der Waals surface area (Å²) in [4.78, 5) is 28.5. The highest BCUT2D eigenvalue weighted by molar-refractivity contribution is 6.30. The molecule has 0 amide bonds. The summed E-state index contributed by atoms with van der Waals surface area (Å²) in [7, 11) is 2.02. The molecule has 0 bridgehead atoms. The Kier molecular flexibility index (Phi) is 5.82. The van der Waals surface area contributed by atoms with Crippen molar-refractivity contribution in [3.8, 4) is 0 Å². The van der Waals surface area contributed by atoms with Crippen molar-refractivity contribution in [3.63, 3.8) is 0 Å². The summed E-state index contributed by atoms with van der Waals surface area (Å²) in [6.07, 6.45) is 1.27. The molecule has 0 fully saturated rings. The molecule has 6 heteroatoms. The first-order valence-corrected chi connectivity index (χ1v) is 6.98. The fourth-order valence-electron chi connectivity index (χ4n) is 1.83. The second-order valence-electron chi connectivity index (χ2n) is 4.96. The van der Waals surface area contributed by atoms with Crippen LogP contribution in [0.25, 0.3) is 0 Å². The second-order valence-corrected chi connectivity index (χ2v) is 5.34. The van der Waals surface area contributed by atoms with Crippen molar-refractivity contribution in [2.75, 3.05) is 13.6 Å². The summed E-state index contributed by atoms with van der Waals surface area (Å²) in [5.74, 6) is 0. The minimum absolute atomic E-state index is 0.160. The van der Waals surface area contributed by atoms with Gasteiger partial charge < -0.3 is 4.90 Å². The number of halogens is 1. The lowest BCUT2D eigenvalue weighted by atomic mass is 10.2. The van der Waals surface area contributed by atoms with E-state index in [1.54, 1.807) is 0 Å². The summed E-state index contributed by atoms with van der Waals surface area (Å²) >= 11 is 5.86. The molecule has 0 radical (unpaired) electrons. The standard InChI is InChI=1S/C13H22ClN3O2/c1-5-10-11(14)15-13(19)17(12(10)18)8-6-7-16(4)9(2)3/h9H,5-8H2,1-4H3,(H,15,19). The lowest BCUT2D eigenvalue weighted by Crippen LogP contribution is -2.38. The van der Waals surface area contributed by atoms with Gasteiger partial charge >= 0.3 is 5.69 Å². The van der Waals surface area contributed by atoms with Gasteiger partial charge in [-0.15, -0.1) is 0 Å². The number of aromatic amines is 1. The molecule has 0 saturated heterocycles. The van der Waals surface area contributed by atoms with Crippen LogP contribution in [0, 0.1) is 0 Å². The molecule has 0 aliphatic carbocycles. The fourth-order valence-corrected chi connectivity index (χ4v) is 2.13. The Morgan fingerprint density at radius 3 is 2.53 bits per heavy atom. The molecule has 1 aromatic rings. The third-order valence-corrected chi connectivity index (χ3v) is 3.68. The molecule has 0 atom stereocenters. The first kappa shape index (κ1) is 16.0. The molecule has 1 N–H and O–H groups in total. The van der Waals surface area contributed by atoms with Crippen molar-refractivity contribution >= 4 is 11.6 Å². The monoisotopic (exact) mass is 287 g/mol. The number of H-pyrrole nitrogens is 1. The van der Waals surface area contributed by atoms with Crippen LogP contribution in [0.5, 0.6) is 0 Å². The molecule has 0 saturated carbocycles. The Morgan fingerprint density at radius 1 is 1.37 bits per heavy atom. The van der Waals surface area contributed by atoms with E-state index in [1.807, 2.05) is 14.0 Å². The molecule has 19 heavy (non-hydrogen) atoms. The van der Waals surface area contributed by atoms with Crippen molar-refractivity contribution in [1.82, 2.24) is 14.5 Å². The van der Waals surface area contributed by atoms with E-state index in [0.29, 0.717) is 24.6 Å². The summed E-state index contributed by atoms with van der Waals surface area (Å²) < 4.78 is 1.23. The van der Waals surface area contributed by atoms with Gasteiger partial charge in [0.15, 0.2) is 0 Å². The summed E-state index contributed by atoms with van der Waals surface area (Å²) in [5.41, 5.74) is -0.235. The predicted octanol–water partition coefficient (Wildman–Crippen LogP) is 1.48. The zero-order chi connectivity index (χ0) is 14.6. The molecule has 1 heterocycles. The highest BCUT2D eigenvalue weighted by atomic mass is 35.5. The molecule has 5 nitrogen and oxygen atoms in total. The van der Waals surface area contributed by atoms with Gasteiger partial charge in [-0.3, -0.25) is 14.3 Å². The van der Waals surface area contributed by atoms with Gasteiger partial charge in [-0.25, -0.2) is 4.79 Å². The van der Waals surface area contributed by atoms with Crippen LogP contribution in [0.15, 0.2) is 9.59 Å². The van der Waals surface area contributed by atoms with Gasteiger partial charge in [-0.1, -0.05) is 18.5 Å². The third-order valence-electron chi connectivity index (χ3n) is 3.36. The molecule has 0 aliphatic heterocycles. The maximum atomic E-state index is 12.1. The fraction of sp³-hybridized carbons (Fsp3) is 0.692. The molecule has 1 aromatic heterocycles. The predicted molar refractivity (Wildman–Crippen MR) is 78.1 cm³/mol. The normalized spacial score (nSPS) is 11.5. The number of nitrogens with one attached hydrogen (secondary N) is 1. The van der Waals surface area contributed by atoms with Crippen molar-refractivity contribution in [2.24, 2.45) is 0 Å². The van der Waals surface area contributed by atoms with Crippen molar-refractivity contribution < 1.29 is 0 Å². The number of hydrogen-bond acceptors (Lipinski definition) is 3. The van der Waals surface area contributed by atoms with Crippen LogP contribution in [-0.4, -0.2) is 34.1 Å². The van der Waals surface area contributed by atoms with Crippen molar-refractivity contribution in [1.29, 1.82) is 0 Å². The van der Waals surface area contributed by atoms with Crippen LogP contribution in [0.2, 0.25) is 5.15 Å². The van der Waals surface area contributed by atoms with E-state index in [0.717, 1.165) is 13.0 Å². The quantitative estimate of drug-likeness (QED) is 0.807. The zero-order valence-electron chi connectivity index (χ0n) is 12.0. The summed E-state index contributed by atoms with van der Waals surface area (Å²) in [6, 6.07) is 0.450. The van der Waals surface area contributed by atoms with Crippen LogP contribution in [0.3, 0.4) is 0 Å². The van der Waals surface area contributed by atoms with Gasteiger partial charge in [0, 0.05) is 12.6 Å². The summed E-state index contributed by atoms with van der Waals surface area (Å²) in [6.45, 7) is 7.31. The van der Waals surface area contributed by atoms with Gasteiger partial charge in [0.25, 0.3) is 5.56 Å². The largest absolute Gasteiger partial charge is 0.329 e. The Hall–Kier alpha value is -1.07. The van der Waals surface area contributed by atoms with Crippen molar-refractivity contribution in [3.05, 3.63) is 31.6 Å². The van der Waals surface area contributed by atoms with E-state index >= 15 is 0 Å². The Balaban J connectivity index is 2.85. The van der Waals surface area contributed by atoms with Crippen LogP contribution in [0.1, 0.15) is 32.8 Å². The van der Waals surface area contributed by atoms with E-state index in [-0.39, 0.29) is 10.7 Å². The van der Waals surface area contributed by atoms with Crippen LogP contribution >= 0.6 is 11.6 Å². The van der Waals surface area contributed by atoms with E-state index < -0.39 is 5.69 Å². The smallest absolute Gasteiger partial charge is 0.304 e. The van der Waals surface area contributed by atoms with E-state index in [4.69, 9.17) is 11.6 Å². The van der Waals surface area contributed by atoms with E-state index in [9.17, 15) is 9.59 Å². The van der Waals surface area contributed by atoms with Crippen LogP contribution in [0.4, 0.5) is 0 Å². The molecule has 0 spiro atoms. The Morgan fingerprint density at radius 2 is 2.00 bits per heavy atom. The highest BCUT2D eigenvalue weighted by Gasteiger charge is 2.11. The molecule has 108 valence electrons. The molecule has 0 unspecified atom stereocenters. The van der Waals surface area contributed by atoms with Gasteiger partial charge in [0.1, 0.15) is 5.15 Å². The molecular weight excluding hydrogens is 266 g/mol.